The van der Waals surface area contributed by atoms with Crippen molar-refractivity contribution >= 4 is 33.5 Å². The van der Waals surface area contributed by atoms with Gasteiger partial charge in [0.15, 0.2) is 5.58 Å². The highest BCUT2D eigenvalue weighted by molar-refractivity contribution is 6.12. The number of amides is 1. The van der Waals surface area contributed by atoms with Crippen molar-refractivity contribution in [2.75, 3.05) is 5.32 Å². The van der Waals surface area contributed by atoms with Crippen molar-refractivity contribution in [3.63, 3.8) is 0 Å². The van der Waals surface area contributed by atoms with E-state index in [0.717, 1.165) is 38.7 Å². The van der Waals surface area contributed by atoms with E-state index in [1.807, 2.05) is 91.9 Å². The van der Waals surface area contributed by atoms with Gasteiger partial charge in [-0.25, -0.2) is 4.98 Å². The number of hydrogen-bond acceptors (Lipinski definition) is 3. The molecule has 5 rings (SSSR count). The van der Waals surface area contributed by atoms with E-state index >= 15 is 0 Å². The van der Waals surface area contributed by atoms with Gasteiger partial charge in [0.2, 0.25) is 5.89 Å². The molecule has 4 heteroatoms. The van der Waals surface area contributed by atoms with E-state index in [9.17, 15) is 4.79 Å². The maximum atomic E-state index is 12.8. The molecule has 4 aromatic carbocycles. The quantitative estimate of drug-likeness (QED) is 0.406. The third-order valence-corrected chi connectivity index (χ3v) is 4.97. The Morgan fingerprint density at radius 3 is 2.55 bits per heavy atom. The molecule has 1 heterocycles. The van der Waals surface area contributed by atoms with Crippen LogP contribution in [0.4, 0.5) is 5.69 Å². The average Bonchev–Trinajstić information content (AvgIpc) is 3.17. The molecule has 0 aliphatic carbocycles. The zero-order valence-corrected chi connectivity index (χ0v) is 15.8. The van der Waals surface area contributed by atoms with Crippen molar-refractivity contribution in [2.24, 2.45) is 0 Å². The number of rotatable bonds is 3. The predicted octanol–water partition coefficient (Wildman–Crippen LogP) is 6.21. The van der Waals surface area contributed by atoms with Crippen LogP contribution in [0.15, 0.2) is 89.3 Å². The van der Waals surface area contributed by atoms with Gasteiger partial charge in [-0.2, -0.15) is 0 Å². The summed E-state index contributed by atoms with van der Waals surface area (Å²) in [5.74, 6) is 0.435. The van der Waals surface area contributed by atoms with Crippen LogP contribution in [-0.4, -0.2) is 10.9 Å². The maximum absolute atomic E-state index is 12.8. The number of aromatic nitrogens is 1. The summed E-state index contributed by atoms with van der Waals surface area (Å²) in [6.07, 6.45) is 0. The summed E-state index contributed by atoms with van der Waals surface area (Å²) in [5, 5.41) is 4.95. The average molecular weight is 378 g/mol. The van der Waals surface area contributed by atoms with Crippen LogP contribution in [0, 0.1) is 6.92 Å². The Kier molecular flexibility index (Phi) is 4.10. The molecule has 0 bridgehead atoms. The molecule has 1 amide bonds. The van der Waals surface area contributed by atoms with Crippen molar-refractivity contribution in [3.05, 3.63) is 96.1 Å². The summed E-state index contributed by atoms with van der Waals surface area (Å²) < 4.78 is 5.87. The zero-order valence-electron chi connectivity index (χ0n) is 15.8. The fourth-order valence-electron chi connectivity index (χ4n) is 3.47. The molecule has 0 fully saturated rings. The first kappa shape index (κ1) is 17.2. The van der Waals surface area contributed by atoms with Gasteiger partial charge in [-0.3, -0.25) is 4.79 Å². The summed E-state index contributed by atoms with van der Waals surface area (Å²) >= 11 is 0. The first-order valence-electron chi connectivity index (χ1n) is 9.44. The highest BCUT2D eigenvalue weighted by Crippen LogP contribution is 2.26. The number of oxazole rings is 1. The van der Waals surface area contributed by atoms with Crippen LogP contribution < -0.4 is 5.32 Å². The van der Waals surface area contributed by atoms with E-state index in [-0.39, 0.29) is 5.91 Å². The molecule has 0 spiro atoms. The van der Waals surface area contributed by atoms with Crippen LogP contribution in [-0.2, 0) is 0 Å². The van der Waals surface area contributed by atoms with Gasteiger partial charge >= 0.3 is 0 Å². The van der Waals surface area contributed by atoms with Gasteiger partial charge in [0.25, 0.3) is 5.91 Å². The zero-order chi connectivity index (χ0) is 19.8. The summed E-state index contributed by atoms with van der Waals surface area (Å²) in [5.41, 5.74) is 4.97. The van der Waals surface area contributed by atoms with Gasteiger partial charge < -0.3 is 9.73 Å². The lowest BCUT2D eigenvalue weighted by Crippen LogP contribution is -2.12. The summed E-state index contributed by atoms with van der Waals surface area (Å²) in [6, 6.07) is 27.1. The number of anilines is 1. The van der Waals surface area contributed by atoms with Crippen LogP contribution in [0.1, 0.15) is 15.9 Å². The van der Waals surface area contributed by atoms with E-state index in [1.54, 1.807) is 0 Å². The molecule has 4 nitrogen and oxygen atoms in total. The number of fused-ring (bicyclic) bond motifs is 2. The maximum Gasteiger partial charge on any atom is 0.256 e. The van der Waals surface area contributed by atoms with E-state index < -0.39 is 0 Å². The van der Waals surface area contributed by atoms with E-state index in [2.05, 4.69) is 10.3 Å². The molecular formula is C25H18N2O2. The number of hydrogen-bond donors (Lipinski definition) is 1. The number of aryl methyl sites for hydroxylation is 1. The molecule has 0 atom stereocenters. The Balaban J connectivity index is 1.40. The number of benzene rings is 4. The second-order valence-corrected chi connectivity index (χ2v) is 7.05. The SMILES string of the molecule is Cc1ccc2nc(-c3ccc(NC(=O)c4cccc5ccccc45)cc3)oc2c1. The second kappa shape index (κ2) is 6.91. The van der Waals surface area contributed by atoms with Crippen molar-refractivity contribution in [1.29, 1.82) is 0 Å². The Hall–Kier alpha value is -3.92. The number of nitrogens with zero attached hydrogens (tertiary/aromatic N) is 1. The van der Waals surface area contributed by atoms with Crippen molar-refractivity contribution in [1.82, 2.24) is 4.98 Å². The van der Waals surface area contributed by atoms with Crippen molar-refractivity contribution < 1.29 is 9.21 Å². The molecule has 0 aliphatic rings. The van der Waals surface area contributed by atoms with Gasteiger partial charge in [-0.05, 0) is 65.7 Å². The van der Waals surface area contributed by atoms with E-state index in [1.165, 1.54) is 0 Å². The molecule has 0 saturated carbocycles. The molecule has 0 saturated heterocycles. The summed E-state index contributed by atoms with van der Waals surface area (Å²) in [6.45, 7) is 2.02. The third kappa shape index (κ3) is 3.25. The minimum Gasteiger partial charge on any atom is -0.436 e. The monoisotopic (exact) mass is 378 g/mol. The fraction of sp³-hybridized carbons (Fsp3) is 0.0400. The Labute approximate surface area is 167 Å². The van der Waals surface area contributed by atoms with Gasteiger partial charge in [-0.15, -0.1) is 0 Å². The fourth-order valence-corrected chi connectivity index (χ4v) is 3.47. The molecule has 5 aromatic rings. The molecule has 0 aliphatic heterocycles. The number of carbonyl (C=O) groups excluding carboxylic acids is 1. The van der Waals surface area contributed by atoms with Crippen LogP contribution in [0.3, 0.4) is 0 Å². The Morgan fingerprint density at radius 2 is 1.69 bits per heavy atom. The van der Waals surface area contributed by atoms with E-state index in [4.69, 9.17) is 4.42 Å². The van der Waals surface area contributed by atoms with Crippen LogP contribution in [0.25, 0.3) is 33.3 Å². The van der Waals surface area contributed by atoms with Crippen molar-refractivity contribution in [3.8, 4) is 11.5 Å². The normalized spacial score (nSPS) is 11.1. The highest BCUT2D eigenvalue weighted by Gasteiger charge is 2.11. The lowest BCUT2D eigenvalue weighted by atomic mass is 10.0. The number of carbonyl (C=O) groups is 1. The van der Waals surface area contributed by atoms with Crippen LogP contribution >= 0.6 is 0 Å². The molecular weight excluding hydrogens is 360 g/mol. The van der Waals surface area contributed by atoms with Gasteiger partial charge in [0, 0.05) is 16.8 Å². The van der Waals surface area contributed by atoms with E-state index in [0.29, 0.717) is 11.5 Å². The molecule has 0 radical (unpaired) electrons. The summed E-state index contributed by atoms with van der Waals surface area (Å²) in [7, 11) is 0. The highest BCUT2D eigenvalue weighted by atomic mass is 16.3. The van der Waals surface area contributed by atoms with Gasteiger partial charge in [0.05, 0.1) is 0 Å². The standard InChI is InChI=1S/C25H18N2O2/c1-16-9-14-22-23(15-16)29-25(27-22)18-10-12-19(13-11-18)26-24(28)21-8-4-6-17-5-2-3-7-20(17)21/h2-15H,1H3,(H,26,28). The van der Waals surface area contributed by atoms with Crippen molar-refractivity contribution in [2.45, 2.75) is 6.92 Å². The first-order chi connectivity index (χ1) is 14.2. The minimum atomic E-state index is -0.133. The third-order valence-electron chi connectivity index (χ3n) is 4.97. The smallest absolute Gasteiger partial charge is 0.256 e. The molecule has 140 valence electrons. The lowest BCUT2D eigenvalue weighted by Gasteiger charge is -2.08. The lowest BCUT2D eigenvalue weighted by molar-refractivity contribution is 0.102. The second-order valence-electron chi connectivity index (χ2n) is 7.05. The molecule has 1 aromatic heterocycles. The summed E-state index contributed by atoms with van der Waals surface area (Å²) in [4.78, 5) is 17.3. The molecule has 0 unspecified atom stereocenters. The Bertz CT molecular complexity index is 1350. The van der Waals surface area contributed by atoms with Gasteiger partial charge in [0.1, 0.15) is 5.52 Å². The first-order valence-corrected chi connectivity index (χ1v) is 9.44. The van der Waals surface area contributed by atoms with Crippen LogP contribution in [0.5, 0.6) is 0 Å². The molecule has 29 heavy (non-hydrogen) atoms. The largest absolute Gasteiger partial charge is 0.436 e. The molecule has 1 N–H and O–H groups in total. The Morgan fingerprint density at radius 1 is 0.897 bits per heavy atom. The topological polar surface area (TPSA) is 55.1 Å². The minimum absolute atomic E-state index is 0.133. The van der Waals surface area contributed by atoms with Gasteiger partial charge in [-0.1, -0.05) is 42.5 Å². The van der Waals surface area contributed by atoms with Crippen LogP contribution in [0.2, 0.25) is 0 Å². The number of nitrogens with one attached hydrogen (secondary N) is 1. The predicted molar refractivity (Wildman–Crippen MR) is 116 cm³/mol.